The van der Waals surface area contributed by atoms with Crippen molar-refractivity contribution < 1.29 is 14.7 Å². The van der Waals surface area contributed by atoms with Crippen LogP contribution in [0.2, 0.25) is 0 Å². The van der Waals surface area contributed by atoms with Crippen LogP contribution in [0.4, 0.5) is 11.4 Å². The molecule has 2 heterocycles. The zero-order valence-electron chi connectivity index (χ0n) is 12.0. The normalized spacial score (nSPS) is 18.0. The molecule has 0 radical (unpaired) electrons. The highest BCUT2D eigenvalue weighted by Gasteiger charge is 2.28. The number of rotatable bonds is 1. The summed E-state index contributed by atoms with van der Waals surface area (Å²) in [5, 5.41) is 15.2. The van der Waals surface area contributed by atoms with Gasteiger partial charge in [-0.15, -0.1) is 0 Å². The number of nitrogens with one attached hydrogen (secondary N) is 2. The third-order valence-electron chi connectivity index (χ3n) is 3.94. The molecule has 0 atom stereocenters. The molecule has 2 aliphatic heterocycles. The number of hydrogen-bond donors (Lipinski definition) is 3. The third kappa shape index (κ3) is 2.10. The molecule has 0 aliphatic carbocycles. The number of aromatic carboxylic acids is 1. The SMILES string of the molecule is O=C1Nc2ccc(C(=O)O)cc2C1=C1C=Cc2ccccc2N1. The lowest BCUT2D eigenvalue weighted by molar-refractivity contribution is -0.110. The Morgan fingerprint density at radius 2 is 1.78 bits per heavy atom. The number of amides is 1. The summed E-state index contributed by atoms with van der Waals surface area (Å²) in [5.74, 6) is -1.26. The molecular weight excluding hydrogens is 292 g/mol. The van der Waals surface area contributed by atoms with Crippen molar-refractivity contribution in [2.45, 2.75) is 0 Å². The smallest absolute Gasteiger partial charge is 0.335 e. The van der Waals surface area contributed by atoms with Crippen molar-refractivity contribution in [1.82, 2.24) is 0 Å². The summed E-state index contributed by atoms with van der Waals surface area (Å²) in [4.78, 5) is 23.5. The van der Waals surface area contributed by atoms with E-state index in [0.29, 0.717) is 22.5 Å². The van der Waals surface area contributed by atoms with Crippen LogP contribution in [-0.2, 0) is 4.79 Å². The Morgan fingerprint density at radius 1 is 0.957 bits per heavy atom. The molecule has 0 unspecified atom stereocenters. The van der Waals surface area contributed by atoms with Gasteiger partial charge in [0.15, 0.2) is 0 Å². The number of carbonyl (C=O) groups excluding carboxylic acids is 1. The number of carboxylic acids is 1. The molecule has 2 aliphatic rings. The van der Waals surface area contributed by atoms with Gasteiger partial charge in [-0.05, 0) is 35.9 Å². The van der Waals surface area contributed by atoms with E-state index in [0.717, 1.165) is 11.3 Å². The Bertz CT molecular complexity index is 926. The molecule has 0 spiro atoms. The average molecular weight is 304 g/mol. The maximum Gasteiger partial charge on any atom is 0.335 e. The molecule has 0 fully saturated rings. The van der Waals surface area contributed by atoms with Gasteiger partial charge in [0, 0.05) is 16.9 Å². The zero-order valence-corrected chi connectivity index (χ0v) is 12.0. The summed E-state index contributed by atoms with van der Waals surface area (Å²) in [6.45, 7) is 0. The number of para-hydroxylation sites is 1. The number of hydrogen-bond acceptors (Lipinski definition) is 3. The average Bonchev–Trinajstić information content (AvgIpc) is 2.89. The quantitative estimate of drug-likeness (QED) is 0.707. The second-order valence-corrected chi connectivity index (χ2v) is 5.35. The minimum Gasteiger partial charge on any atom is -0.478 e. The van der Waals surface area contributed by atoms with Gasteiger partial charge in [0.25, 0.3) is 5.91 Å². The number of anilines is 2. The molecule has 3 N–H and O–H groups in total. The van der Waals surface area contributed by atoms with Crippen molar-refractivity contribution in [2.75, 3.05) is 10.6 Å². The molecule has 5 heteroatoms. The number of carboxylic acid groups (broad SMARTS) is 1. The van der Waals surface area contributed by atoms with Crippen LogP contribution in [0.3, 0.4) is 0 Å². The standard InChI is InChI=1S/C18H12N2O3/c21-17-16(12-9-11(18(22)23)6-7-14(12)20-17)15-8-5-10-3-1-2-4-13(10)19-15/h1-9,19H,(H,20,21)(H,22,23). The first-order valence-corrected chi connectivity index (χ1v) is 7.11. The fourth-order valence-corrected chi connectivity index (χ4v) is 2.83. The van der Waals surface area contributed by atoms with Gasteiger partial charge >= 0.3 is 5.97 Å². The molecule has 2 aromatic rings. The highest BCUT2D eigenvalue weighted by atomic mass is 16.4. The number of allylic oxidation sites excluding steroid dienone is 1. The lowest BCUT2D eigenvalue weighted by Crippen LogP contribution is -2.11. The van der Waals surface area contributed by atoms with E-state index in [-0.39, 0.29) is 11.5 Å². The number of fused-ring (bicyclic) bond motifs is 2. The van der Waals surface area contributed by atoms with Crippen LogP contribution in [0.1, 0.15) is 21.5 Å². The Kier molecular flexibility index (Phi) is 2.81. The largest absolute Gasteiger partial charge is 0.478 e. The van der Waals surface area contributed by atoms with Gasteiger partial charge in [-0.3, -0.25) is 4.79 Å². The predicted molar refractivity (Wildman–Crippen MR) is 88.0 cm³/mol. The minimum atomic E-state index is -1.02. The first kappa shape index (κ1) is 13.3. The lowest BCUT2D eigenvalue weighted by atomic mass is 9.99. The van der Waals surface area contributed by atoms with E-state index in [4.69, 9.17) is 5.11 Å². The molecule has 112 valence electrons. The van der Waals surface area contributed by atoms with E-state index in [1.54, 1.807) is 6.07 Å². The molecule has 0 bridgehead atoms. The topological polar surface area (TPSA) is 78.4 Å². The second kappa shape index (κ2) is 4.84. The van der Waals surface area contributed by atoms with Crippen LogP contribution < -0.4 is 10.6 Å². The predicted octanol–water partition coefficient (Wildman–Crippen LogP) is 3.19. The first-order valence-electron chi connectivity index (χ1n) is 7.11. The highest BCUT2D eigenvalue weighted by molar-refractivity contribution is 6.33. The third-order valence-corrected chi connectivity index (χ3v) is 3.94. The Morgan fingerprint density at radius 3 is 2.61 bits per heavy atom. The van der Waals surface area contributed by atoms with Gasteiger partial charge in [0.05, 0.1) is 16.8 Å². The van der Waals surface area contributed by atoms with Gasteiger partial charge in [-0.1, -0.05) is 24.3 Å². The van der Waals surface area contributed by atoms with Crippen molar-refractivity contribution >= 4 is 34.9 Å². The maximum absolute atomic E-state index is 12.3. The fourth-order valence-electron chi connectivity index (χ4n) is 2.83. The number of benzene rings is 2. The highest BCUT2D eigenvalue weighted by Crippen LogP contribution is 2.37. The summed E-state index contributed by atoms with van der Waals surface area (Å²) < 4.78 is 0. The van der Waals surface area contributed by atoms with Gasteiger partial charge < -0.3 is 15.7 Å². The van der Waals surface area contributed by atoms with Crippen molar-refractivity contribution in [3.8, 4) is 0 Å². The Labute approximate surface area is 132 Å². The fraction of sp³-hybridized carbons (Fsp3) is 0. The van der Waals surface area contributed by atoms with Crippen LogP contribution >= 0.6 is 0 Å². The van der Waals surface area contributed by atoms with E-state index in [2.05, 4.69) is 10.6 Å². The molecular formula is C18H12N2O3. The Balaban J connectivity index is 1.87. The van der Waals surface area contributed by atoms with Gasteiger partial charge in [0.2, 0.25) is 0 Å². The van der Waals surface area contributed by atoms with Crippen LogP contribution in [-0.4, -0.2) is 17.0 Å². The first-order chi connectivity index (χ1) is 11.1. The summed E-state index contributed by atoms with van der Waals surface area (Å²) in [6.07, 6.45) is 3.76. The maximum atomic E-state index is 12.3. The monoisotopic (exact) mass is 304 g/mol. The van der Waals surface area contributed by atoms with Crippen molar-refractivity contribution in [2.24, 2.45) is 0 Å². The molecule has 0 saturated carbocycles. The molecule has 1 amide bonds. The molecule has 0 saturated heterocycles. The summed E-state index contributed by atoms with van der Waals surface area (Å²) in [6, 6.07) is 12.4. The van der Waals surface area contributed by atoms with Gasteiger partial charge in [-0.2, -0.15) is 0 Å². The van der Waals surface area contributed by atoms with Crippen molar-refractivity contribution in [1.29, 1.82) is 0 Å². The van der Waals surface area contributed by atoms with Gasteiger partial charge in [0.1, 0.15) is 0 Å². The van der Waals surface area contributed by atoms with E-state index in [1.807, 2.05) is 36.4 Å². The second-order valence-electron chi connectivity index (χ2n) is 5.35. The molecule has 0 aromatic heterocycles. The Hall–Kier alpha value is -3.34. The molecule has 5 nitrogen and oxygen atoms in total. The van der Waals surface area contributed by atoms with Crippen LogP contribution in [0, 0.1) is 0 Å². The summed E-state index contributed by atoms with van der Waals surface area (Å²) in [5.41, 5.74) is 4.43. The summed E-state index contributed by atoms with van der Waals surface area (Å²) >= 11 is 0. The van der Waals surface area contributed by atoms with Gasteiger partial charge in [-0.25, -0.2) is 4.79 Å². The van der Waals surface area contributed by atoms with E-state index >= 15 is 0 Å². The van der Waals surface area contributed by atoms with Crippen LogP contribution in [0.15, 0.2) is 54.2 Å². The molecule has 2 aromatic carbocycles. The zero-order chi connectivity index (χ0) is 16.0. The summed E-state index contributed by atoms with van der Waals surface area (Å²) in [7, 11) is 0. The van der Waals surface area contributed by atoms with E-state index in [9.17, 15) is 9.59 Å². The molecule has 4 rings (SSSR count). The minimum absolute atomic E-state index is 0.151. The van der Waals surface area contributed by atoms with E-state index < -0.39 is 5.97 Å². The van der Waals surface area contributed by atoms with E-state index in [1.165, 1.54) is 12.1 Å². The van der Waals surface area contributed by atoms with Crippen molar-refractivity contribution in [3.05, 3.63) is 70.9 Å². The lowest BCUT2D eigenvalue weighted by Gasteiger charge is -2.17. The number of carbonyl (C=O) groups is 2. The van der Waals surface area contributed by atoms with Crippen LogP contribution in [0.25, 0.3) is 11.6 Å². The molecule has 23 heavy (non-hydrogen) atoms. The van der Waals surface area contributed by atoms with Crippen molar-refractivity contribution in [3.63, 3.8) is 0 Å². The van der Waals surface area contributed by atoms with Crippen LogP contribution in [0.5, 0.6) is 0 Å².